The Kier molecular flexibility index (Phi) is 4.04. The molecule has 2 fully saturated rings. The van der Waals surface area contributed by atoms with Crippen LogP contribution in [0.2, 0.25) is 0 Å². The van der Waals surface area contributed by atoms with Gasteiger partial charge < -0.3 is 5.32 Å². The van der Waals surface area contributed by atoms with Crippen LogP contribution >= 0.6 is 0 Å². The first-order valence-electron chi connectivity index (χ1n) is 6.76. The lowest BCUT2D eigenvalue weighted by Crippen LogP contribution is -2.52. The van der Waals surface area contributed by atoms with Gasteiger partial charge in [-0.1, -0.05) is 26.7 Å². The number of piperazine rings is 1. The molecule has 2 heteroatoms. The van der Waals surface area contributed by atoms with Crippen molar-refractivity contribution in [1.29, 1.82) is 0 Å². The Hall–Kier alpha value is -0.0800. The molecule has 3 atom stereocenters. The molecule has 2 rings (SSSR count). The van der Waals surface area contributed by atoms with Crippen molar-refractivity contribution in [3.63, 3.8) is 0 Å². The van der Waals surface area contributed by atoms with Gasteiger partial charge in [-0.2, -0.15) is 0 Å². The minimum Gasteiger partial charge on any atom is -0.314 e. The summed E-state index contributed by atoms with van der Waals surface area (Å²) in [5, 5.41) is 3.51. The van der Waals surface area contributed by atoms with E-state index in [1.807, 2.05) is 0 Å². The molecule has 0 radical (unpaired) electrons. The number of rotatable bonds is 3. The summed E-state index contributed by atoms with van der Waals surface area (Å²) in [5.74, 6) is 1.95. The standard InChI is InChI=1S/C13H26N2/c1-3-13-9-14-7-8-15(13)10-12-6-4-5-11(12)2/h11-14H,3-10H2,1-2H3. The van der Waals surface area contributed by atoms with Crippen molar-refractivity contribution in [2.45, 2.75) is 45.6 Å². The molecule has 0 amide bonds. The minimum absolute atomic E-state index is 0.798. The quantitative estimate of drug-likeness (QED) is 0.767. The molecule has 0 aromatic carbocycles. The van der Waals surface area contributed by atoms with E-state index >= 15 is 0 Å². The van der Waals surface area contributed by atoms with Gasteiger partial charge >= 0.3 is 0 Å². The van der Waals surface area contributed by atoms with Crippen molar-refractivity contribution in [3.05, 3.63) is 0 Å². The van der Waals surface area contributed by atoms with E-state index in [-0.39, 0.29) is 0 Å². The van der Waals surface area contributed by atoms with E-state index in [0.717, 1.165) is 17.9 Å². The third-order valence-electron chi connectivity index (χ3n) is 4.45. The first-order valence-corrected chi connectivity index (χ1v) is 6.76. The molecule has 15 heavy (non-hydrogen) atoms. The average Bonchev–Trinajstić information content (AvgIpc) is 2.65. The molecule has 1 aliphatic carbocycles. The molecule has 1 heterocycles. The fourth-order valence-corrected chi connectivity index (χ4v) is 3.24. The summed E-state index contributed by atoms with van der Waals surface area (Å²) in [4.78, 5) is 2.74. The predicted molar refractivity (Wildman–Crippen MR) is 65.0 cm³/mol. The smallest absolute Gasteiger partial charge is 0.0218 e. The average molecular weight is 210 g/mol. The number of nitrogens with zero attached hydrogens (tertiary/aromatic N) is 1. The number of nitrogens with one attached hydrogen (secondary N) is 1. The first kappa shape index (κ1) is 11.4. The Morgan fingerprint density at radius 1 is 1.33 bits per heavy atom. The van der Waals surface area contributed by atoms with Gasteiger partial charge in [-0.25, -0.2) is 0 Å². The van der Waals surface area contributed by atoms with Crippen molar-refractivity contribution in [1.82, 2.24) is 10.2 Å². The SMILES string of the molecule is CCC1CNCCN1CC1CCCC1C. The summed E-state index contributed by atoms with van der Waals surface area (Å²) in [6.45, 7) is 9.79. The monoisotopic (exact) mass is 210 g/mol. The molecule has 3 unspecified atom stereocenters. The van der Waals surface area contributed by atoms with Gasteiger partial charge in [0, 0.05) is 32.2 Å². The van der Waals surface area contributed by atoms with E-state index in [1.54, 1.807) is 0 Å². The highest BCUT2D eigenvalue weighted by atomic mass is 15.2. The topological polar surface area (TPSA) is 15.3 Å². The highest BCUT2D eigenvalue weighted by Crippen LogP contribution is 2.32. The minimum atomic E-state index is 0.798. The molecule has 1 aliphatic heterocycles. The molecule has 2 nitrogen and oxygen atoms in total. The summed E-state index contributed by atoms with van der Waals surface area (Å²) in [6.07, 6.45) is 5.71. The van der Waals surface area contributed by atoms with Crippen LogP contribution in [0.5, 0.6) is 0 Å². The molecule has 1 N–H and O–H groups in total. The third kappa shape index (κ3) is 2.73. The van der Waals surface area contributed by atoms with Crippen molar-refractivity contribution >= 4 is 0 Å². The lowest BCUT2D eigenvalue weighted by Gasteiger charge is -2.38. The van der Waals surface area contributed by atoms with E-state index < -0.39 is 0 Å². The van der Waals surface area contributed by atoms with Gasteiger partial charge in [-0.15, -0.1) is 0 Å². The Labute approximate surface area is 94.4 Å². The molecule has 1 saturated heterocycles. The summed E-state index contributed by atoms with van der Waals surface area (Å²) in [5.41, 5.74) is 0. The summed E-state index contributed by atoms with van der Waals surface area (Å²) < 4.78 is 0. The second kappa shape index (κ2) is 5.31. The fourth-order valence-electron chi connectivity index (χ4n) is 3.24. The molecule has 0 aromatic rings. The molecule has 88 valence electrons. The van der Waals surface area contributed by atoms with Crippen molar-refractivity contribution in [3.8, 4) is 0 Å². The predicted octanol–water partition coefficient (Wildman–Crippen LogP) is 2.11. The summed E-state index contributed by atoms with van der Waals surface area (Å²) in [7, 11) is 0. The van der Waals surface area contributed by atoms with Crippen LogP contribution in [0.4, 0.5) is 0 Å². The van der Waals surface area contributed by atoms with Gasteiger partial charge in [0.25, 0.3) is 0 Å². The zero-order valence-electron chi connectivity index (χ0n) is 10.3. The maximum absolute atomic E-state index is 3.51. The summed E-state index contributed by atoms with van der Waals surface area (Å²) >= 11 is 0. The lowest BCUT2D eigenvalue weighted by atomic mass is 9.96. The van der Waals surface area contributed by atoms with Crippen LogP contribution in [-0.4, -0.2) is 37.1 Å². The molecule has 0 bridgehead atoms. The number of hydrogen-bond donors (Lipinski definition) is 1. The van der Waals surface area contributed by atoms with E-state index in [0.29, 0.717) is 0 Å². The van der Waals surface area contributed by atoms with Gasteiger partial charge in [-0.3, -0.25) is 4.90 Å². The van der Waals surface area contributed by atoms with E-state index in [9.17, 15) is 0 Å². The first-order chi connectivity index (χ1) is 7.31. The highest BCUT2D eigenvalue weighted by molar-refractivity contribution is 4.83. The van der Waals surface area contributed by atoms with Gasteiger partial charge in [0.05, 0.1) is 0 Å². The number of hydrogen-bond acceptors (Lipinski definition) is 2. The van der Waals surface area contributed by atoms with Crippen LogP contribution < -0.4 is 5.32 Å². The molecular weight excluding hydrogens is 184 g/mol. The van der Waals surface area contributed by atoms with Gasteiger partial charge in [0.1, 0.15) is 0 Å². The maximum Gasteiger partial charge on any atom is 0.0218 e. The maximum atomic E-state index is 3.51. The van der Waals surface area contributed by atoms with Crippen LogP contribution in [0.15, 0.2) is 0 Å². The lowest BCUT2D eigenvalue weighted by molar-refractivity contribution is 0.124. The Morgan fingerprint density at radius 2 is 2.20 bits per heavy atom. The van der Waals surface area contributed by atoms with Gasteiger partial charge in [0.15, 0.2) is 0 Å². The Balaban J connectivity index is 1.85. The largest absolute Gasteiger partial charge is 0.314 e. The van der Waals surface area contributed by atoms with E-state index in [4.69, 9.17) is 0 Å². The molecule has 2 aliphatic rings. The Bertz CT molecular complexity index is 193. The molecule has 1 saturated carbocycles. The van der Waals surface area contributed by atoms with E-state index in [1.165, 1.54) is 51.9 Å². The zero-order valence-corrected chi connectivity index (χ0v) is 10.3. The van der Waals surface area contributed by atoms with Gasteiger partial charge in [0.2, 0.25) is 0 Å². The third-order valence-corrected chi connectivity index (χ3v) is 4.45. The van der Waals surface area contributed by atoms with Crippen LogP contribution in [-0.2, 0) is 0 Å². The normalized spacial score (nSPS) is 38.4. The molecule has 0 aromatic heterocycles. The van der Waals surface area contributed by atoms with Crippen LogP contribution in [0, 0.1) is 11.8 Å². The molecule has 0 spiro atoms. The fraction of sp³-hybridized carbons (Fsp3) is 1.00. The van der Waals surface area contributed by atoms with Gasteiger partial charge in [-0.05, 0) is 24.7 Å². The Morgan fingerprint density at radius 3 is 2.87 bits per heavy atom. The highest BCUT2D eigenvalue weighted by Gasteiger charge is 2.28. The van der Waals surface area contributed by atoms with Crippen molar-refractivity contribution < 1.29 is 0 Å². The van der Waals surface area contributed by atoms with Crippen LogP contribution in [0.3, 0.4) is 0 Å². The summed E-state index contributed by atoms with van der Waals surface area (Å²) in [6, 6.07) is 0.798. The zero-order chi connectivity index (χ0) is 10.7. The second-order valence-electron chi connectivity index (χ2n) is 5.43. The van der Waals surface area contributed by atoms with Crippen molar-refractivity contribution in [2.75, 3.05) is 26.2 Å². The van der Waals surface area contributed by atoms with Crippen LogP contribution in [0.1, 0.15) is 39.5 Å². The van der Waals surface area contributed by atoms with Crippen molar-refractivity contribution in [2.24, 2.45) is 11.8 Å². The van der Waals surface area contributed by atoms with E-state index in [2.05, 4.69) is 24.1 Å². The van der Waals surface area contributed by atoms with Crippen LogP contribution in [0.25, 0.3) is 0 Å². The molecular formula is C13H26N2. The second-order valence-corrected chi connectivity index (χ2v) is 5.43.